The molecule has 0 amide bonds. The summed E-state index contributed by atoms with van der Waals surface area (Å²) in [6.07, 6.45) is 0. The number of benzene rings is 1. The number of nitrogens with two attached hydrogens (primary N) is 2. The van der Waals surface area contributed by atoms with E-state index in [1.165, 1.54) is 6.07 Å². The summed E-state index contributed by atoms with van der Waals surface area (Å²) in [6, 6.07) is 6.13. The number of hydrogen-bond acceptors (Lipinski definition) is 4. The molecule has 6 heteroatoms. The predicted molar refractivity (Wildman–Crippen MR) is 64.1 cm³/mol. The number of hydrogen-bond donors (Lipinski definition) is 3. The maximum Gasteiger partial charge on any atom is 0.253 e. The van der Waals surface area contributed by atoms with E-state index in [4.69, 9.17) is 23.1 Å². The van der Waals surface area contributed by atoms with Gasteiger partial charge in [0, 0.05) is 22.3 Å². The van der Waals surface area contributed by atoms with Crippen LogP contribution in [-0.2, 0) is 0 Å². The Kier molecular flexibility index (Phi) is 2.54. The molecule has 0 unspecified atom stereocenters. The van der Waals surface area contributed by atoms with E-state index in [1.54, 1.807) is 18.2 Å². The average Bonchev–Trinajstić information content (AvgIpc) is 2.15. The molecule has 0 aliphatic rings. The van der Waals surface area contributed by atoms with Crippen molar-refractivity contribution in [1.82, 2.24) is 9.97 Å². The first-order valence-corrected chi connectivity index (χ1v) is 4.86. The van der Waals surface area contributed by atoms with Crippen LogP contribution in [0.15, 0.2) is 29.1 Å². The lowest BCUT2D eigenvalue weighted by molar-refractivity contribution is 1.14. The number of H-pyrrole nitrogens is 1. The van der Waals surface area contributed by atoms with E-state index in [0.29, 0.717) is 22.1 Å². The first kappa shape index (κ1) is 10.5. The fraction of sp³-hybridized carbons (Fsp3) is 0. The predicted octanol–water partition coefficient (Wildman–Crippen LogP) is 1.25. The van der Waals surface area contributed by atoms with Crippen molar-refractivity contribution in [2.24, 2.45) is 0 Å². The first-order valence-electron chi connectivity index (χ1n) is 4.48. The molecule has 16 heavy (non-hydrogen) atoms. The summed E-state index contributed by atoms with van der Waals surface area (Å²) in [5.41, 5.74) is 11.9. The van der Waals surface area contributed by atoms with Gasteiger partial charge in [-0.05, 0) is 18.2 Å². The maximum atomic E-state index is 11.2. The third-order valence-corrected chi connectivity index (χ3v) is 2.27. The second-order valence-corrected chi connectivity index (χ2v) is 3.69. The average molecular weight is 237 g/mol. The zero-order valence-electron chi connectivity index (χ0n) is 8.20. The Labute approximate surface area is 96.1 Å². The number of nitrogen functional groups attached to an aromatic ring is 2. The highest BCUT2D eigenvalue weighted by Crippen LogP contribution is 2.25. The van der Waals surface area contributed by atoms with Crippen LogP contribution in [0.1, 0.15) is 0 Å². The van der Waals surface area contributed by atoms with Crippen LogP contribution in [0.3, 0.4) is 0 Å². The molecule has 0 aliphatic carbocycles. The number of aromatic nitrogens is 2. The molecule has 2 rings (SSSR count). The van der Waals surface area contributed by atoms with Gasteiger partial charge in [0.2, 0.25) is 0 Å². The highest BCUT2D eigenvalue weighted by Gasteiger charge is 2.06. The first-order chi connectivity index (χ1) is 7.56. The minimum absolute atomic E-state index is 0.146. The van der Waals surface area contributed by atoms with Crippen molar-refractivity contribution < 1.29 is 0 Å². The van der Waals surface area contributed by atoms with Gasteiger partial charge in [0.05, 0.1) is 0 Å². The summed E-state index contributed by atoms with van der Waals surface area (Å²) < 4.78 is 0. The summed E-state index contributed by atoms with van der Waals surface area (Å²) in [6.45, 7) is 0. The summed E-state index contributed by atoms with van der Waals surface area (Å²) >= 11 is 5.77. The smallest absolute Gasteiger partial charge is 0.253 e. The van der Waals surface area contributed by atoms with Gasteiger partial charge in [-0.3, -0.25) is 4.79 Å². The SMILES string of the molecule is Nc1cc(=O)[nH]c(-c2ccc(Cl)cc2N)n1. The van der Waals surface area contributed by atoms with Crippen LogP contribution in [0, 0.1) is 0 Å². The van der Waals surface area contributed by atoms with Crippen molar-refractivity contribution in [2.75, 3.05) is 11.5 Å². The van der Waals surface area contributed by atoms with Crippen LogP contribution in [-0.4, -0.2) is 9.97 Å². The molecule has 5 nitrogen and oxygen atoms in total. The van der Waals surface area contributed by atoms with Crippen LogP contribution >= 0.6 is 11.6 Å². The van der Waals surface area contributed by atoms with E-state index >= 15 is 0 Å². The number of nitrogens with zero attached hydrogens (tertiary/aromatic N) is 1. The Morgan fingerprint density at radius 2 is 2.00 bits per heavy atom. The molecule has 1 aromatic carbocycles. The molecule has 0 saturated carbocycles. The molecule has 0 aliphatic heterocycles. The normalized spacial score (nSPS) is 10.3. The quantitative estimate of drug-likeness (QED) is 0.649. The summed E-state index contributed by atoms with van der Waals surface area (Å²) in [7, 11) is 0. The highest BCUT2D eigenvalue weighted by molar-refractivity contribution is 6.31. The van der Waals surface area contributed by atoms with Gasteiger partial charge >= 0.3 is 0 Å². The van der Waals surface area contributed by atoms with Crippen molar-refractivity contribution in [1.29, 1.82) is 0 Å². The van der Waals surface area contributed by atoms with Gasteiger partial charge in [-0.25, -0.2) is 4.98 Å². The number of anilines is 2. The molecule has 0 saturated heterocycles. The Morgan fingerprint density at radius 1 is 1.25 bits per heavy atom. The van der Waals surface area contributed by atoms with Crippen LogP contribution in [0.5, 0.6) is 0 Å². The molecule has 0 fully saturated rings. The van der Waals surface area contributed by atoms with Gasteiger partial charge in [-0.15, -0.1) is 0 Å². The van der Waals surface area contributed by atoms with E-state index in [2.05, 4.69) is 9.97 Å². The van der Waals surface area contributed by atoms with Crippen LogP contribution in [0.25, 0.3) is 11.4 Å². The molecule has 2 aromatic rings. The van der Waals surface area contributed by atoms with Crippen LogP contribution in [0.2, 0.25) is 5.02 Å². The second kappa shape index (κ2) is 3.86. The molecule has 0 spiro atoms. The van der Waals surface area contributed by atoms with Crippen molar-refractivity contribution >= 4 is 23.1 Å². The molecular formula is C10H9ClN4O. The van der Waals surface area contributed by atoms with Crippen molar-refractivity contribution in [3.63, 3.8) is 0 Å². The number of aromatic amines is 1. The number of halogens is 1. The molecule has 5 N–H and O–H groups in total. The monoisotopic (exact) mass is 236 g/mol. The topological polar surface area (TPSA) is 97.8 Å². The minimum Gasteiger partial charge on any atom is -0.398 e. The fourth-order valence-corrected chi connectivity index (χ4v) is 1.53. The van der Waals surface area contributed by atoms with Crippen molar-refractivity contribution in [2.45, 2.75) is 0 Å². The van der Waals surface area contributed by atoms with Gasteiger partial charge in [-0.1, -0.05) is 11.6 Å². The molecule has 82 valence electrons. The third kappa shape index (κ3) is 1.99. The summed E-state index contributed by atoms with van der Waals surface area (Å²) in [5.74, 6) is 0.479. The standard InChI is InChI=1S/C10H9ClN4O/c11-5-1-2-6(7(12)3-5)10-14-8(13)4-9(16)15-10/h1-4H,12H2,(H3,13,14,15,16). The lowest BCUT2D eigenvalue weighted by Gasteiger charge is -2.05. The lowest BCUT2D eigenvalue weighted by atomic mass is 10.1. The minimum atomic E-state index is -0.322. The van der Waals surface area contributed by atoms with E-state index in [1.807, 2.05) is 0 Å². The van der Waals surface area contributed by atoms with E-state index in [0.717, 1.165) is 0 Å². The van der Waals surface area contributed by atoms with Gasteiger partial charge in [-0.2, -0.15) is 0 Å². The number of nitrogens with one attached hydrogen (secondary N) is 1. The molecule has 1 aromatic heterocycles. The van der Waals surface area contributed by atoms with E-state index in [-0.39, 0.29) is 11.4 Å². The summed E-state index contributed by atoms with van der Waals surface area (Å²) in [4.78, 5) is 17.8. The van der Waals surface area contributed by atoms with Gasteiger partial charge in [0.15, 0.2) is 0 Å². The maximum absolute atomic E-state index is 11.2. The highest BCUT2D eigenvalue weighted by atomic mass is 35.5. The second-order valence-electron chi connectivity index (χ2n) is 3.25. The molecule has 1 heterocycles. The van der Waals surface area contributed by atoms with Gasteiger partial charge < -0.3 is 16.5 Å². The Hall–Kier alpha value is -2.01. The zero-order chi connectivity index (χ0) is 11.7. The zero-order valence-corrected chi connectivity index (χ0v) is 8.95. The molecule has 0 radical (unpaired) electrons. The Morgan fingerprint density at radius 3 is 2.62 bits per heavy atom. The fourth-order valence-electron chi connectivity index (χ4n) is 1.35. The Balaban J connectivity index is 2.63. The van der Waals surface area contributed by atoms with Gasteiger partial charge in [0.25, 0.3) is 5.56 Å². The Bertz CT molecular complexity index is 594. The largest absolute Gasteiger partial charge is 0.398 e. The van der Waals surface area contributed by atoms with E-state index in [9.17, 15) is 4.79 Å². The van der Waals surface area contributed by atoms with Gasteiger partial charge in [0.1, 0.15) is 11.6 Å². The lowest BCUT2D eigenvalue weighted by Crippen LogP contribution is -2.10. The third-order valence-electron chi connectivity index (χ3n) is 2.03. The molecule has 0 atom stereocenters. The van der Waals surface area contributed by atoms with Crippen molar-refractivity contribution in [3.05, 3.63) is 39.6 Å². The van der Waals surface area contributed by atoms with Crippen molar-refractivity contribution in [3.8, 4) is 11.4 Å². The molecular weight excluding hydrogens is 228 g/mol. The van der Waals surface area contributed by atoms with Crippen LogP contribution in [0.4, 0.5) is 11.5 Å². The van der Waals surface area contributed by atoms with E-state index < -0.39 is 0 Å². The molecule has 0 bridgehead atoms. The number of rotatable bonds is 1. The summed E-state index contributed by atoms with van der Waals surface area (Å²) in [5, 5.41) is 0.521. The van der Waals surface area contributed by atoms with Crippen LogP contribution < -0.4 is 17.0 Å².